The molecule has 0 aliphatic rings. The number of hydrogen-bond donors (Lipinski definition) is 3. The Balaban J connectivity index is 2.37. The van der Waals surface area contributed by atoms with Gasteiger partial charge in [-0.05, 0) is 11.6 Å². The summed E-state index contributed by atoms with van der Waals surface area (Å²) in [7, 11) is 1.89. The summed E-state index contributed by atoms with van der Waals surface area (Å²) in [6.07, 6.45) is 3.63. The second-order valence-electron chi connectivity index (χ2n) is 3.68. The number of hydrogen-bond acceptors (Lipinski definition) is 3. The van der Waals surface area contributed by atoms with Gasteiger partial charge in [0.25, 0.3) is 0 Å². The van der Waals surface area contributed by atoms with E-state index in [0.717, 1.165) is 5.56 Å². The predicted octanol–water partition coefficient (Wildman–Crippen LogP) is -1.16. The highest BCUT2D eigenvalue weighted by atomic mass is 16.2. The van der Waals surface area contributed by atoms with Crippen LogP contribution >= 0.6 is 0 Å². The van der Waals surface area contributed by atoms with Crippen molar-refractivity contribution in [1.29, 1.82) is 0 Å². The molecule has 88 valence electrons. The van der Waals surface area contributed by atoms with Crippen LogP contribution in [0.1, 0.15) is 12.0 Å². The van der Waals surface area contributed by atoms with E-state index in [1.54, 1.807) is 0 Å². The number of aromatic nitrogens is 1. The number of nitrogens with two attached hydrogens (primary N) is 2. The molecule has 2 amide bonds. The van der Waals surface area contributed by atoms with E-state index in [-0.39, 0.29) is 12.3 Å². The van der Waals surface area contributed by atoms with Crippen molar-refractivity contribution in [2.45, 2.75) is 19.0 Å². The fourth-order valence-electron chi connectivity index (χ4n) is 1.30. The fourth-order valence-corrected chi connectivity index (χ4v) is 1.30. The van der Waals surface area contributed by atoms with E-state index in [9.17, 15) is 9.59 Å². The molecule has 1 atom stereocenters. The standard InChI is InChI=1S/C10H16N4O2/c1-14-3-2-7(6-14)5-13-10(16)8(11)4-9(12)15/h2-3,6,8H,4-5,11H2,1H3,(H2,12,15)(H,13,16). The van der Waals surface area contributed by atoms with Crippen molar-refractivity contribution in [1.82, 2.24) is 9.88 Å². The average Bonchev–Trinajstić information content (AvgIpc) is 2.59. The van der Waals surface area contributed by atoms with Crippen LogP contribution in [0.5, 0.6) is 0 Å². The summed E-state index contributed by atoms with van der Waals surface area (Å²) in [5, 5.41) is 2.63. The number of rotatable bonds is 5. The molecular formula is C10H16N4O2. The molecule has 1 rings (SSSR count). The lowest BCUT2D eigenvalue weighted by atomic mass is 10.2. The zero-order chi connectivity index (χ0) is 12.1. The summed E-state index contributed by atoms with van der Waals surface area (Å²) >= 11 is 0. The molecule has 1 heterocycles. The van der Waals surface area contributed by atoms with Gasteiger partial charge in [-0.15, -0.1) is 0 Å². The van der Waals surface area contributed by atoms with Gasteiger partial charge in [-0.3, -0.25) is 9.59 Å². The van der Waals surface area contributed by atoms with Crippen LogP contribution in [0.15, 0.2) is 18.5 Å². The number of primary amides is 1. The summed E-state index contributed by atoms with van der Waals surface area (Å²) < 4.78 is 1.88. The Kier molecular flexibility index (Phi) is 4.07. The Labute approximate surface area is 93.6 Å². The van der Waals surface area contributed by atoms with Crippen LogP contribution in [-0.2, 0) is 23.2 Å². The molecule has 6 heteroatoms. The first-order valence-electron chi connectivity index (χ1n) is 4.91. The highest BCUT2D eigenvalue weighted by Gasteiger charge is 2.15. The van der Waals surface area contributed by atoms with Crippen molar-refractivity contribution in [3.8, 4) is 0 Å². The maximum Gasteiger partial charge on any atom is 0.237 e. The summed E-state index contributed by atoms with van der Waals surface area (Å²) in [6, 6.07) is 1.01. The Morgan fingerprint density at radius 3 is 2.75 bits per heavy atom. The van der Waals surface area contributed by atoms with Gasteiger partial charge in [-0.2, -0.15) is 0 Å². The molecule has 1 aromatic heterocycles. The monoisotopic (exact) mass is 224 g/mol. The predicted molar refractivity (Wildman–Crippen MR) is 59.0 cm³/mol. The van der Waals surface area contributed by atoms with Gasteiger partial charge in [0.2, 0.25) is 11.8 Å². The largest absolute Gasteiger partial charge is 0.370 e. The van der Waals surface area contributed by atoms with Gasteiger partial charge in [-0.25, -0.2) is 0 Å². The van der Waals surface area contributed by atoms with Crippen LogP contribution in [0.3, 0.4) is 0 Å². The number of nitrogens with zero attached hydrogens (tertiary/aromatic N) is 1. The molecule has 0 saturated heterocycles. The molecule has 6 nitrogen and oxygen atoms in total. The van der Waals surface area contributed by atoms with E-state index >= 15 is 0 Å². The van der Waals surface area contributed by atoms with Gasteiger partial charge in [0.05, 0.1) is 12.5 Å². The summed E-state index contributed by atoms with van der Waals surface area (Å²) in [5.74, 6) is -0.954. The van der Waals surface area contributed by atoms with E-state index in [1.165, 1.54) is 0 Å². The molecule has 16 heavy (non-hydrogen) atoms. The molecule has 1 aromatic rings. The number of carbonyl (C=O) groups is 2. The second-order valence-corrected chi connectivity index (χ2v) is 3.68. The topological polar surface area (TPSA) is 103 Å². The van der Waals surface area contributed by atoms with Crippen LogP contribution in [0.25, 0.3) is 0 Å². The van der Waals surface area contributed by atoms with Crippen molar-refractivity contribution >= 4 is 11.8 Å². The Bertz CT molecular complexity index is 386. The van der Waals surface area contributed by atoms with Crippen molar-refractivity contribution in [2.75, 3.05) is 0 Å². The number of carbonyl (C=O) groups excluding carboxylic acids is 2. The Morgan fingerprint density at radius 1 is 1.56 bits per heavy atom. The highest BCUT2D eigenvalue weighted by Crippen LogP contribution is 1.98. The molecule has 0 saturated carbocycles. The summed E-state index contributed by atoms with van der Waals surface area (Å²) in [6.45, 7) is 0.395. The minimum Gasteiger partial charge on any atom is -0.370 e. The van der Waals surface area contributed by atoms with Gasteiger partial charge in [0.15, 0.2) is 0 Å². The van der Waals surface area contributed by atoms with E-state index < -0.39 is 11.9 Å². The molecule has 0 aliphatic carbocycles. The van der Waals surface area contributed by atoms with E-state index in [0.29, 0.717) is 6.54 Å². The first-order valence-corrected chi connectivity index (χ1v) is 4.91. The first-order chi connectivity index (χ1) is 7.49. The third kappa shape index (κ3) is 3.74. The number of amides is 2. The molecule has 0 fully saturated rings. The lowest BCUT2D eigenvalue weighted by Crippen LogP contribution is -2.42. The maximum atomic E-state index is 11.4. The van der Waals surface area contributed by atoms with Gasteiger partial charge in [-0.1, -0.05) is 0 Å². The van der Waals surface area contributed by atoms with Crippen molar-refractivity contribution in [3.63, 3.8) is 0 Å². The van der Waals surface area contributed by atoms with Crippen LogP contribution in [0.2, 0.25) is 0 Å². The number of aryl methyl sites for hydroxylation is 1. The first kappa shape index (κ1) is 12.3. The maximum absolute atomic E-state index is 11.4. The van der Waals surface area contributed by atoms with Crippen LogP contribution in [0.4, 0.5) is 0 Å². The summed E-state index contributed by atoms with van der Waals surface area (Å²) in [4.78, 5) is 22.0. The molecule has 5 N–H and O–H groups in total. The van der Waals surface area contributed by atoms with Gasteiger partial charge >= 0.3 is 0 Å². The third-order valence-corrected chi connectivity index (χ3v) is 2.12. The Hall–Kier alpha value is -1.82. The van der Waals surface area contributed by atoms with Crippen molar-refractivity contribution in [3.05, 3.63) is 24.0 Å². The van der Waals surface area contributed by atoms with E-state index in [2.05, 4.69) is 5.32 Å². The van der Waals surface area contributed by atoms with E-state index in [1.807, 2.05) is 30.1 Å². The SMILES string of the molecule is Cn1ccc(CNC(=O)C(N)CC(N)=O)c1. The summed E-state index contributed by atoms with van der Waals surface area (Å²) in [5.41, 5.74) is 11.4. The smallest absolute Gasteiger partial charge is 0.237 e. The van der Waals surface area contributed by atoms with E-state index in [4.69, 9.17) is 11.5 Å². The molecule has 0 radical (unpaired) electrons. The number of nitrogens with one attached hydrogen (secondary N) is 1. The molecule has 0 aliphatic heterocycles. The van der Waals surface area contributed by atoms with Crippen molar-refractivity contribution in [2.24, 2.45) is 18.5 Å². The van der Waals surface area contributed by atoms with Crippen molar-refractivity contribution < 1.29 is 9.59 Å². The molecule has 0 aromatic carbocycles. The quantitative estimate of drug-likeness (QED) is 0.588. The van der Waals surface area contributed by atoms with Crippen LogP contribution in [0, 0.1) is 0 Å². The fraction of sp³-hybridized carbons (Fsp3) is 0.400. The lowest BCUT2D eigenvalue weighted by Gasteiger charge is -2.09. The molecular weight excluding hydrogens is 208 g/mol. The Morgan fingerprint density at radius 2 is 2.25 bits per heavy atom. The van der Waals surface area contributed by atoms with Crippen LogP contribution < -0.4 is 16.8 Å². The second kappa shape index (κ2) is 5.32. The zero-order valence-electron chi connectivity index (χ0n) is 9.14. The normalized spacial score (nSPS) is 12.1. The molecule has 0 spiro atoms. The molecule has 0 bridgehead atoms. The van der Waals surface area contributed by atoms with Gasteiger partial charge in [0.1, 0.15) is 0 Å². The molecule has 1 unspecified atom stereocenters. The minimum absolute atomic E-state index is 0.138. The highest BCUT2D eigenvalue weighted by molar-refractivity contribution is 5.87. The zero-order valence-corrected chi connectivity index (χ0v) is 9.14. The van der Waals surface area contributed by atoms with Crippen LogP contribution in [-0.4, -0.2) is 22.4 Å². The minimum atomic E-state index is -0.874. The lowest BCUT2D eigenvalue weighted by molar-refractivity contribution is -0.126. The van der Waals surface area contributed by atoms with Gasteiger partial charge in [0, 0.05) is 26.0 Å². The average molecular weight is 224 g/mol. The van der Waals surface area contributed by atoms with Gasteiger partial charge < -0.3 is 21.4 Å². The third-order valence-electron chi connectivity index (χ3n) is 2.12.